The van der Waals surface area contributed by atoms with Crippen molar-refractivity contribution in [3.05, 3.63) is 65.7 Å². The lowest BCUT2D eigenvalue weighted by Gasteiger charge is -2.25. The minimum absolute atomic E-state index is 0.262. The maximum Gasteiger partial charge on any atom is 0.325 e. The number of hydrogen-bond donors (Lipinski definition) is 2. The zero-order chi connectivity index (χ0) is 21.2. The molecule has 0 bridgehead atoms. The molecular weight excluding hydrogens is 394 g/mol. The van der Waals surface area contributed by atoms with Gasteiger partial charge in [-0.05, 0) is 36.2 Å². The highest BCUT2D eigenvalue weighted by Crippen LogP contribution is 2.32. The Balaban J connectivity index is 1.79. The number of Topliss-reactive ketones (excluding diaryl/α,β-unsaturated/α-hetero) is 1. The summed E-state index contributed by atoms with van der Waals surface area (Å²) < 4.78 is 24.8. The Hall–Kier alpha value is -3.20. The highest BCUT2D eigenvalue weighted by Gasteiger charge is 2.51. The van der Waals surface area contributed by atoms with Gasteiger partial charge in [0.25, 0.3) is 5.91 Å². The highest BCUT2D eigenvalue weighted by molar-refractivity contribution is 7.92. The molecule has 8 nitrogen and oxygen atoms in total. The minimum Gasteiger partial charge on any atom is -0.319 e. The Morgan fingerprint density at radius 1 is 1.07 bits per heavy atom. The molecule has 0 unspecified atom stereocenters. The van der Waals surface area contributed by atoms with Crippen LogP contribution in [0.5, 0.6) is 0 Å². The van der Waals surface area contributed by atoms with Gasteiger partial charge >= 0.3 is 6.03 Å². The molecule has 3 amide bonds. The van der Waals surface area contributed by atoms with Crippen molar-refractivity contribution in [3.63, 3.8) is 0 Å². The van der Waals surface area contributed by atoms with Crippen molar-refractivity contribution in [2.45, 2.75) is 18.9 Å². The average Bonchev–Trinajstić information content (AvgIpc) is 2.93. The van der Waals surface area contributed by atoms with Gasteiger partial charge < -0.3 is 5.32 Å². The Morgan fingerprint density at radius 3 is 2.24 bits per heavy atom. The third-order valence-corrected chi connectivity index (χ3v) is 5.39. The Bertz CT molecular complexity index is 1050. The number of carbonyl (C=O) groups excluding carboxylic acids is 3. The Labute approximate surface area is 169 Å². The molecule has 2 N–H and O–H groups in total. The number of benzene rings is 2. The van der Waals surface area contributed by atoms with Crippen LogP contribution >= 0.6 is 0 Å². The van der Waals surface area contributed by atoms with Gasteiger partial charge in [0, 0.05) is 11.3 Å². The van der Waals surface area contributed by atoms with Crippen molar-refractivity contribution < 1.29 is 22.8 Å². The van der Waals surface area contributed by atoms with Gasteiger partial charge in [-0.3, -0.25) is 19.2 Å². The van der Waals surface area contributed by atoms with Crippen LogP contribution in [0, 0.1) is 0 Å². The summed E-state index contributed by atoms with van der Waals surface area (Å²) in [4.78, 5) is 39.1. The molecule has 2 aromatic rings. The molecule has 0 saturated carbocycles. The van der Waals surface area contributed by atoms with Crippen LogP contribution in [0.1, 0.15) is 29.3 Å². The summed E-state index contributed by atoms with van der Waals surface area (Å²) in [6.07, 6.45) is 1.37. The Kier molecular flexibility index (Phi) is 5.43. The molecule has 2 aromatic carbocycles. The number of hydrogen-bond acceptors (Lipinski definition) is 5. The third kappa shape index (κ3) is 4.14. The van der Waals surface area contributed by atoms with E-state index in [0.717, 1.165) is 11.2 Å². The van der Waals surface area contributed by atoms with Gasteiger partial charge in [-0.1, -0.05) is 37.3 Å². The first-order valence-electron chi connectivity index (χ1n) is 8.97. The van der Waals surface area contributed by atoms with Crippen LogP contribution in [0.4, 0.5) is 10.5 Å². The molecule has 152 valence electrons. The van der Waals surface area contributed by atoms with Crippen molar-refractivity contribution in [2.75, 3.05) is 17.5 Å². The molecule has 0 aliphatic carbocycles. The molecule has 3 rings (SSSR count). The number of sulfonamides is 1. The number of carbonyl (C=O) groups is 3. The van der Waals surface area contributed by atoms with Crippen LogP contribution < -0.4 is 10.0 Å². The molecule has 1 saturated heterocycles. The quantitative estimate of drug-likeness (QED) is 0.531. The van der Waals surface area contributed by atoms with Crippen LogP contribution in [-0.4, -0.2) is 43.8 Å². The van der Waals surface area contributed by atoms with Gasteiger partial charge in [0.2, 0.25) is 10.0 Å². The van der Waals surface area contributed by atoms with E-state index in [2.05, 4.69) is 10.0 Å². The maximum absolute atomic E-state index is 13.1. The molecule has 0 spiro atoms. The highest BCUT2D eigenvalue weighted by atomic mass is 32.2. The van der Waals surface area contributed by atoms with E-state index in [0.29, 0.717) is 17.7 Å². The average molecular weight is 415 g/mol. The van der Waals surface area contributed by atoms with E-state index >= 15 is 0 Å². The Morgan fingerprint density at radius 2 is 1.69 bits per heavy atom. The van der Waals surface area contributed by atoms with E-state index in [1.54, 1.807) is 31.2 Å². The molecule has 9 heteroatoms. The number of nitrogens with zero attached hydrogens (tertiary/aromatic N) is 1. The van der Waals surface area contributed by atoms with E-state index in [1.807, 2.05) is 6.07 Å². The molecule has 0 radical (unpaired) electrons. The van der Waals surface area contributed by atoms with Crippen LogP contribution in [0.3, 0.4) is 0 Å². The van der Waals surface area contributed by atoms with Crippen molar-refractivity contribution >= 4 is 33.4 Å². The first kappa shape index (κ1) is 20.5. The summed E-state index contributed by atoms with van der Waals surface area (Å²) >= 11 is 0. The summed E-state index contributed by atoms with van der Waals surface area (Å²) in [6, 6.07) is 14.1. The van der Waals surface area contributed by atoms with E-state index in [4.69, 9.17) is 0 Å². The lowest BCUT2D eigenvalue weighted by Crippen LogP contribution is -2.43. The zero-order valence-electron chi connectivity index (χ0n) is 16.0. The predicted octanol–water partition coefficient (Wildman–Crippen LogP) is 2.10. The number of imide groups is 1. The summed E-state index contributed by atoms with van der Waals surface area (Å²) in [6.45, 7) is 1.39. The van der Waals surface area contributed by atoms with Gasteiger partial charge in [0.1, 0.15) is 5.54 Å². The summed E-state index contributed by atoms with van der Waals surface area (Å²) in [7, 11) is -3.43. The zero-order valence-corrected chi connectivity index (χ0v) is 16.8. The summed E-state index contributed by atoms with van der Waals surface area (Å²) in [5.41, 5.74) is 0.0421. The fourth-order valence-electron chi connectivity index (χ4n) is 3.30. The van der Waals surface area contributed by atoms with E-state index in [1.165, 1.54) is 24.3 Å². The molecule has 1 heterocycles. The number of ketones is 1. The van der Waals surface area contributed by atoms with Crippen LogP contribution in [-0.2, 0) is 20.4 Å². The molecule has 29 heavy (non-hydrogen) atoms. The maximum atomic E-state index is 13.1. The predicted molar refractivity (Wildman–Crippen MR) is 108 cm³/mol. The third-order valence-electron chi connectivity index (χ3n) is 4.78. The largest absolute Gasteiger partial charge is 0.325 e. The second-order valence-electron chi connectivity index (χ2n) is 6.82. The number of amides is 3. The van der Waals surface area contributed by atoms with E-state index < -0.39 is 39.8 Å². The second-order valence-corrected chi connectivity index (χ2v) is 8.57. The smallest absolute Gasteiger partial charge is 0.319 e. The molecule has 1 fully saturated rings. The number of nitrogens with one attached hydrogen (secondary N) is 2. The van der Waals surface area contributed by atoms with E-state index in [-0.39, 0.29) is 5.56 Å². The standard InChI is InChI=1S/C20H21N3O5S/c1-3-20(15-7-5-4-6-8-15)18(25)23(19(26)21-20)13-17(24)14-9-11-16(12-10-14)22-29(2,27)28/h4-12,22H,3,13H2,1-2H3,(H,21,26)/t20-/m0/s1. The van der Waals surface area contributed by atoms with Crippen molar-refractivity contribution in [2.24, 2.45) is 0 Å². The lowest BCUT2D eigenvalue weighted by molar-refractivity contribution is -0.131. The monoisotopic (exact) mass is 415 g/mol. The molecule has 0 aromatic heterocycles. The summed E-state index contributed by atoms with van der Waals surface area (Å²) in [5, 5.41) is 2.73. The van der Waals surface area contributed by atoms with Crippen LogP contribution in [0.15, 0.2) is 54.6 Å². The fraction of sp³-hybridized carbons (Fsp3) is 0.250. The first-order valence-corrected chi connectivity index (χ1v) is 10.9. The normalized spacial score (nSPS) is 19.2. The second kappa shape index (κ2) is 7.67. The number of rotatable bonds is 7. The van der Waals surface area contributed by atoms with Crippen molar-refractivity contribution in [3.8, 4) is 0 Å². The molecule has 1 aliphatic heterocycles. The van der Waals surface area contributed by atoms with Crippen LogP contribution in [0.25, 0.3) is 0 Å². The minimum atomic E-state index is -3.43. The van der Waals surface area contributed by atoms with E-state index in [9.17, 15) is 22.8 Å². The van der Waals surface area contributed by atoms with Gasteiger partial charge in [0.15, 0.2) is 5.78 Å². The van der Waals surface area contributed by atoms with Gasteiger partial charge in [-0.15, -0.1) is 0 Å². The molecule has 1 atom stereocenters. The van der Waals surface area contributed by atoms with Gasteiger partial charge in [-0.2, -0.15) is 0 Å². The van der Waals surface area contributed by atoms with Gasteiger partial charge in [0.05, 0.1) is 12.8 Å². The first-order chi connectivity index (χ1) is 13.7. The van der Waals surface area contributed by atoms with Crippen molar-refractivity contribution in [1.82, 2.24) is 10.2 Å². The molecule has 1 aliphatic rings. The summed E-state index contributed by atoms with van der Waals surface area (Å²) in [5.74, 6) is -0.903. The topological polar surface area (TPSA) is 113 Å². The SMILES string of the molecule is CC[C@@]1(c2ccccc2)NC(=O)N(CC(=O)c2ccc(NS(C)(=O)=O)cc2)C1=O. The number of urea groups is 1. The lowest BCUT2D eigenvalue weighted by atomic mass is 9.87. The molecular formula is C20H21N3O5S. The van der Waals surface area contributed by atoms with Crippen molar-refractivity contribution in [1.29, 1.82) is 0 Å². The van der Waals surface area contributed by atoms with Crippen LogP contribution in [0.2, 0.25) is 0 Å². The van der Waals surface area contributed by atoms with Gasteiger partial charge in [-0.25, -0.2) is 13.2 Å². The fourth-order valence-corrected chi connectivity index (χ4v) is 3.87. The number of anilines is 1.